The molecule has 8 nitrogen and oxygen atoms in total. The average molecular weight is 472 g/mol. The van der Waals surface area contributed by atoms with Crippen LogP contribution in [0.4, 0.5) is 14.9 Å². The number of carbonyl (C=O) groups is 1. The number of H-pyrrole nitrogens is 1. The second-order valence-corrected chi connectivity index (χ2v) is 8.06. The summed E-state index contributed by atoms with van der Waals surface area (Å²) < 4.78 is 25.2. The van der Waals surface area contributed by atoms with Crippen molar-refractivity contribution in [1.29, 1.82) is 0 Å². The number of aromatic amines is 1. The van der Waals surface area contributed by atoms with Crippen LogP contribution in [-0.2, 0) is 17.6 Å². The summed E-state index contributed by atoms with van der Waals surface area (Å²) in [7, 11) is 2.78. The number of carbonyl (C=O) groups excluding carboxylic acids is 1. The quantitative estimate of drug-likeness (QED) is 0.462. The fourth-order valence-electron chi connectivity index (χ4n) is 4.21. The number of aliphatic imine (C=N–C) groups is 1. The van der Waals surface area contributed by atoms with Gasteiger partial charge in [-0.15, -0.1) is 0 Å². The molecule has 176 valence electrons. The zero-order valence-corrected chi connectivity index (χ0v) is 19.0. The van der Waals surface area contributed by atoms with Gasteiger partial charge < -0.3 is 9.47 Å². The maximum atomic E-state index is 15.1. The molecule has 1 aromatic heterocycles. The Morgan fingerprint density at radius 1 is 1.11 bits per heavy atom. The number of fused-ring (bicyclic) bond motifs is 2. The monoisotopic (exact) mass is 472 g/mol. The number of hydrogen-bond donors (Lipinski definition) is 2. The van der Waals surface area contributed by atoms with Crippen LogP contribution < -0.4 is 15.6 Å². The molecule has 0 bridgehead atoms. The third-order valence-corrected chi connectivity index (χ3v) is 5.94. The second-order valence-electron chi connectivity index (χ2n) is 8.06. The summed E-state index contributed by atoms with van der Waals surface area (Å²) in [5, 5.41) is 10.4. The lowest BCUT2D eigenvalue weighted by Crippen LogP contribution is -2.30. The van der Waals surface area contributed by atoms with Crippen LogP contribution in [0.1, 0.15) is 16.8 Å². The lowest BCUT2D eigenvalue weighted by atomic mass is 9.96. The van der Waals surface area contributed by atoms with E-state index in [-0.39, 0.29) is 12.0 Å². The molecule has 1 aliphatic heterocycles. The zero-order chi connectivity index (χ0) is 24.5. The van der Waals surface area contributed by atoms with Crippen molar-refractivity contribution in [2.24, 2.45) is 4.99 Å². The number of benzene rings is 3. The van der Waals surface area contributed by atoms with Gasteiger partial charge in [-0.3, -0.25) is 10.1 Å². The van der Waals surface area contributed by atoms with Gasteiger partial charge in [0.1, 0.15) is 17.4 Å². The van der Waals surface area contributed by atoms with Crippen LogP contribution in [0.5, 0.6) is 5.75 Å². The van der Waals surface area contributed by atoms with Gasteiger partial charge in [0.15, 0.2) is 0 Å². The minimum atomic E-state index is -0.579. The Morgan fingerprint density at radius 2 is 1.91 bits per heavy atom. The van der Waals surface area contributed by atoms with Gasteiger partial charge in [-0.25, -0.2) is 19.3 Å². The topological polar surface area (TPSA) is 106 Å². The molecule has 1 amide bonds. The van der Waals surface area contributed by atoms with E-state index in [1.165, 1.54) is 20.3 Å². The Kier molecular flexibility index (Phi) is 5.74. The molecular weight excluding hydrogens is 451 g/mol. The van der Waals surface area contributed by atoms with Crippen molar-refractivity contribution >= 4 is 28.4 Å². The summed E-state index contributed by atoms with van der Waals surface area (Å²) in [4.78, 5) is 28.1. The molecule has 1 aliphatic rings. The predicted octanol–water partition coefficient (Wildman–Crippen LogP) is 4.27. The SMILES string of the molecule is COC(=O)NC1=Nc2cc(-c3cc(Cc4n[nH]c(=O)c5ccccc45)c(F)cc3OC)ccc2C1. The second kappa shape index (κ2) is 9.02. The van der Waals surface area contributed by atoms with E-state index in [1.54, 1.807) is 24.3 Å². The van der Waals surface area contributed by atoms with Gasteiger partial charge >= 0.3 is 6.09 Å². The molecule has 9 heteroatoms. The van der Waals surface area contributed by atoms with E-state index in [2.05, 4.69) is 25.2 Å². The van der Waals surface area contributed by atoms with Crippen LogP contribution in [-0.4, -0.2) is 36.3 Å². The van der Waals surface area contributed by atoms with Crippen LogP contribution in [0.25, 0.3) is 21.9 Å². The molecule has 0 atom stereocenters. The van der Waals surface area contributed by atoms with Crippen molar-refractivity contribution in [3.63, 3.8) is 0 Å². The number of amidine groups is 1. The molecule has 2 heterocycles. The number of ether oxygens (including phenoxy) is 2. The van der Waals surface area contributed by atoms with Gasteiger partial charge in [0.2, 0.25) is 0 Å². The van der Waals surface area contributed by atoms with E-state index >= 15 is 4.39 Å². The van der Waals surface area contributed by atoms with Crippen molar-refractivity contribution in [2.75, 3.05) is 14.2 Å². The molecule has 0 saturated carbocycles. The third-order valence-electron chi connectivity index (χ3n) is 5.94. The van der Waals surface area contributed by atoms with Gasteiger partial charge in [0.25, 0.3) is 5.56 Å². The lowest BCUT2D eigenvalue weighted by molar-refractivity contribution is 0.176. The molecule has 0 fully saturated rings. The number of rotatable bonds is 4. The van der Waals surface area contributed by atoms with Gasteiger partial charge in [-0.05, 0) is 34.9 Å². The number of alkyl carbamates (subject to hydrolysis) is 1. The summed E-state index contributed by atoms with van der Waals surface area (Å²) in [6.45, 7) is 0. The fraction of sp³-hybridized carbons (Fsp3) is 0.154. The Hall–Kier alpha value is -4.53. The van der Waals surface area contributed by atoms with E-state index in [9.17, 15) is 9.59 Å². The zero-order valence-electron chi connectivity index (χ0n) is 19.0. The summed E-state index contributed by atoms with van der Waals surface area (Å²) in [5.74, 6) is 0.429. The van der Waals surface area contributed by atoms with E-state index in [4.69, 9.17) is 4.74 Å². The molecule has 0 radical (unpaired) electrons. The first-order chi connectivity index (χ1) is 17.0. The van der Waals surface area contributed by atoms with E-state index in [0.29, 0.717) is 51.3 Å². The van der Waals surface area contributed by atoms with E-state index in [1.807, 2.05) is 24.3 Å². The fourth-order valence-corrected chi connectivity index (χ4v) is 4.21. The van der Waals surface area contributed by atoms with Gasteiger partial charge in [0, 0.05) is 29.9 Å². The highest BCUT2D eigenvalue weighted by Gasteiger charge is 2.20. The van der Waals surface area contributed by atoms with Crippen molar-refractivity contribution < 1.29 is 18.7 Å². The van der Waals surface area contributed by atoms with Crippen molar-refractivity contribution in [3.8, 4) is 16.9 Å². The smallest absolute Gasteiger partial charge is 0.412 e. The maximum Gasteiger partial charge on any atom is 0.412 e. The molecule has 0 aliphatic carbocycles. The minimum absolute atomic E-state index is 0.177. The summed E-state index contributed by atoms with van der Waals surface area (Å²) in [6, 6.07) is 15.9. The largest absolute Gasteiger partial charge is 0.496 e. The molecule has 4 aromatic rings. The van der Waals surface area contributed by atoms with Crippen LogP contribution in [0.2, 0.25) is 0 Å². The number of nitrogens with zero attached hydrogens (tertiary/aromatic N) is 2. The Labute approximate surface area is 199 Å². The molecule has 5 rings (SSSR count). The number of halogens is 1. The average Bonchev–Trinajstić information content (AvgIpc) is 3.28. The maximum absolute atomic E-state index is 15.1. The molecule has 0 spiro atoms. The Bertz CT molecular complexity index is 1560. The van der Waals surface area contributed by atoms with Gasteiger partial charge in [-0.2, -0.15) is 5.10 Å². The Morgan fingerprint density at radius 3 is 2.69 bits per heavy atom. The van der Waals surface area contributed by atoms with Crippen LogP contribution >= 0.6 is 0 Å². The van der Waals surface area contributed by atoms with Gasteiger partial charge in [-0.1, -0.05) is 30.3 Å². The molecular formula is C26H21FN4O4. The highest BCUT2D eigenvalue weighted by Crippen LogP contribution is 2.37. The summed E-state index contributed by atoms with van der Waals surface area (Å²) in [5.41, 5.74) is 3.80. The molecule has 0 saturated heterocycles. The normalized spacial score (nSPS) is 12.3. The standard InChI is InChI=1S/C26H21FN4O4/c1-34-23-13-20(27)16(11-22-17-5-3-4-6-18(17)25(32)31-30-22)9-19(23)14-7-8-15-12-24(28-21(15)10-14)29-26(33)35-2/h3-10,13H,11-12H2,1-2H3,(H,31,32)(H,28,29,33). The highest BCUT2D eigenvalue weighted by molar-refractivity contribution is 6.01. The van der Waals surface area contributed by atoms with E-state index in [0.717, 1.165) is 11.1 Å². The number of hydrogen-bond acceptors (Lipinski definition) is 6. The lowest BCUT2D eigenvalue weighted by Gasteiger charge is -2.13. The summed E-state index contributed by atoms with van der Waals surface area (Å²) in [6.07, 6.45) is 0.0720. The number of amides is 1. The van der Waals surface area contributed by atoms with E-state index < -0.39 is 11.9 Å². The minimum Gasteiger partial charge on any atom is -0.496 e. The first-order valence-corrected chi connectivity index (χ1v) is 10.9. The number of nitrogens with one attached hydrogen (secondary N) is 2. The van der Waals surface area contributed by atoms with Crippen molar-refractivity contribution in [2.45, 2.75) is 12.8 Å². The number of methoxy groups -OCH3 is 2. The van der Waals surface area contributed by atoms with Crippen molar-refractivity contribution in [3.05, 3.63) is 87.6 Å². The van der Waals surface area contributed by atoms with Crippen LogP contribution in [0, 0.1) is 5.82 Å². The molecule has 3 aromatic carbocycles. The van der Waals surface area contributed by atoms with Crippen LogP contribution in [0.15, 0.2) is 64.4 Å². The van der Waals surface area contributed by atoms with Crippen molar-refractivity contribution in [1.82, 2.24) is 15.5 Å². The highest BCUT2D eigenvalue weighted by atomic mass is 19.1. The third kappa shape index (κ3) is 4.23. The first-order valence-electron chi connectivity index (χ1n) is 10.9. The summed E-state index contributed by atoms with van der Waals surface area (Å²) >= 11 is 0. The van der Waals surface area contributed by atoms with Crippen LogP contribution in [0.3, 0.4) is 0 Å². The molecule has 0 unspecified atom stereocenters. The van der Waals surface area contributed by atoms with Gasteiger partial charge in [0.05, 0.1) is 31.0 Å². The molecule has 2 N–H and O–H groups in total. The predicted molar refractivity (Wildman–Crippen MR) is 130 cm³/mol. The molecule has 35 heavy (non-hydrogen) atoms. The first kappa shape index (κ1) is 22.3. The Balaban J connectivity index is 1.54. The number of aromatic nitrogens is 2.